The minimum Gasteiger partial charge on any atom is -0.494 e. The van der Waals surface area contributed by atoms with E-state index in [-0.39, 0.29) is 17.7 Å². The maximum absolute atomic E-state index is 12.7. The van der Waals surface area contributed by atoms with Crippen LogP contribution in [0.5, 0.6) is 17.2 Å². The Bertz CT molecular complexity index is 1290. The van der Waals surface area contributed by atoms with Crippen LogP contribution in [0.15, 0.2) is 72.3 Å². The fourth-order valence-corrected chi connectivity index (χ4v) is 3.25. The van der Waals surface area contributed by atoms with Crippen LogP contribution in [0.2, 0.25) is 0 Å². The van der Waals surface area contributed by atoms with Gasteiger partial charge >= 0.3 is 5.97 Å². The zero-order valence-electron chi connectivity index (χ0n) is 20.0. The molecule has 3 aromatic rings. The predicted molar refractivity (Wildman–Crippen MR) is 135 cm³/mol. The number of carbonyl (C=O) groups is 2. The van der Waals surface area contributed by atoms with Crippen LogP contribution >= 0.6 is 0 Å². The molecule has 8 nitrogen and oxygen atoms in total. The number of carboxylic acid groups (broad SMARTS) is 1. The molecule has 0 radical (unpaired) electrons. The first-order valence-electron chi connectivity index (χ1n) is 11.3. The Balaban J connectivity index is 1.75. The van der Waals surface area contributed by atoms with Gasteiger partial charge in [0.2, 0.25) is 0 Å². The maximum Gasteiger partial charge on any atom is 0.335 e. The van der Waals surface area contributed by atoms with Gasteiger partial charge in [-0.2, -0.15) is 5.26 Å². The van der Waals surface area contributed by atoms with E-state index in [0.29, 0.717) is 41.7 Å². The molecule has 0 atom stereocenters. The van der Waals surface area contributed by atoms with Crippen molar-refractivity contribution in [3.05, 3.63) is 89.0 Å². The molecule has 0 bridgehead atoms. The first-order valence-corrected chi connectivity index (χ1v) is 11.3. The first-order chi connectivity index (χ1) is 17.4. The molecule has 36 heavy (non-hydrogen) atoms. The third-order valence-corrected chi connectivity index (χ3v) is 4.94. The number of amides is 1. The van der Waals surface area contributed by atoms with Gasteiger partial charge in [0.15, 0.2) is 11.5 Å². The normalized spacial score (nSPS) is 10.8. The average Bonchev–Trinajstić information content (AvgIpc) is 2.87. The predicted octanol–water partition coefficient (Wildman–Crippen LogP) is 5.31. The molecule has 0 spiro atoms. The van der Waals surface area contributed by atoms with Crippen molar-refractivity contribution < 1.29 is 28.9 Å². The maximum atomic E-state index is 12.7. The number of hydrogen-bond donors (Lipinski definition) is 2. The van der Waals surface area contributed by atoms with Crippen LogP contribution in [0.1, 0.15) is 35.3 Å². The first kappa shape index (κ1) is 25.8. The molecule has 0 saturated heterocycles. The molecule has 3 aromatic carbocycles. The standard InChI is InChI=1S/C28H26N2O6/c1-3-34-24-7-5-6-23(16-24)30-27(31)22(17-29)14-20-10-13-25(26(15-20)35-4-2)36-18-19-8-11-21(12-9-19)28(32)33/h5-16H,3-4,18H2,1-2H3,(H,30,31)(H,32,33)/b22-14-. The largest absolute Gasteiger partial charge is 0.494 e. The summed E-state index contributed by atoms with van der Waals surface area (Å²) in [5, 5.41) is 21.3. The monoisotopic (exact) mass is 486 g/mol. The average molecular weight is 487 g/mol. The fraction of sp³-hybridized carbons (Fsp3) is 0.179. The van der Waals surface area contributed by atoms with Crippen LogP contribution in [0.4, 0.5) is 5.69 Å². The zero-order valence-corrected chi connectivity index (χ0v) is 20.0. The molecular weight excluding hydrogens is 460 g/mol. The number of nitrogens with zero attached hydrogens (tertiary/aromatic N) is 1. The Kier molecular flexibility index (Phi) is 9.06. The van der Waals surface area contributed by atoms with Gasteiger partial charge in [0, 0.05) is 11.8 Å². The molecule has 184 valence electrons. The number of carboxylic acids is 1. The number of rotatable bonds is 11. The van der Waals surface area contributed by atoms with E-state index in [1.165, 1.54) is 18.2 Å². The van der Waals surface area contributed by atoms with E-state index >= 15 is 0 Å². The number of benzene rings is 3. The number of nitriles is 1. The molecule has 0 aliphatic heterocycles. The Morgan fingerprint density at radius 1 is 0.944 bits per heavy atom. The van der Waals surface area contributed by atoms with Gasteiger partial charge in [-0.05, 0) is 67.4 Å². The summed E-state index contributed by atoms with van der Waals surface area (Å²) in [7, 11) is 0. The topological polar surface area (TPSA) is 118 Å². The molecule has 0 aliphatic rings. The SMILES string of the molecule is CCOc1cccc(NC(=O)/C(C#N)=C\c2ccc(OCc3ccc(C(=O)O)cc3)c(OCC)c2)c1. The van der Waals surface area contributed by atoms with Gasteiger partial charge in [-0.3, -0.25) is 4.79 Å². The van der Waals surface area contributed by atoms with Gasteiger partial charge in [0.05, 0.1) is 18.8 Å². The molecule has 0 fully saturated rings. The lowest BCUT2D eigenvalue weighted by molar-refractivity contribution is -0.112. The van der Waals surface area contributed by atoms with Gasteiger partial charge in [-0.25, -0.2) is 4.79 Å². The molecule has 3 rings (SSSR count). The van der Waals surface area contributed by atoms with Gasteiger partial charge in [-0.1, -0.05) is 24.3 Å². The number of nitrogens with one attached hydrogen (secondary N) is 1. The minimum atomic E-state index is -0.991. The van der Waals surface area contributed by atoms with E-state index in [1.807, 2.05) is 19.9 Å². The number of hydrogen-bond acceptors (Lipinski definition) is 6. The summed E-state index contributed by atoms with van der Waals surface area (Å²) in [6, 6.07) is 20.4. The minimum absolute atomic E-state index is 0.0774. The number of ether oxygens (including phenoxy) is 3. The lowest BCUT2D eigenvalue weighted by atomic mass is 10.1. The zero-order chi connectivity index (χ0) is 25.9. The number of aromatic carboxylic acids is 1. The summed E-state index contributed by atoms with van der Waals surface area (Å²) in [6.45, 7) is 4.80. The van der Waals surface area contributed by atoms with Gasteiger partial charge in [0.1, 0.15) is 24.0 Å². The van der Waals surface area contributed by atoms with Crippen LogP contribution in [0, 0.1) is 11.3 Å². The van der Waals surface area contributed by atoms with Gasteiger partial charge < -0.3 is 24.6 Å². The van der Waals surface area contributed by atoms with Crippen molar-refractivity contribution in [2.75, 3.05) is 18.5 Å². The molecule has 0 aromatic heterocycles. The van der Waals surface area contributed by atoms with Crippen LogP contribution in [-0.2, 0) is 11.4 Å². The fourth-order valence-electron chi connectivity index (χ4n) is 3.25. The highest BCUT2D eigenvalue weighted by Crippen LogP contribution is 2.30. The summed E-state index contributed by atoms with van der Waals surface area (Å²) in [5.41, 5.74) is 2.02. The highest BCUT2D eigenvalue weighted by molar-refractivity contribution is 6.09. The molecule has 0 aliphatic carbocycles. The Morgan fingerprint density at radius 3 is 2.36 bits per heavy atom. The molecule has 0 heterocycles. The van der Waals surface area contributed by atoms with E-state index in [9.17, 15) is 14.9 Å². The lowest BCUT2D eigenvalue weighted by Gasteiger charge is -2.13. The van der Waals surface area contributed by atoms with Crippen molar-refractivity contribution >= 4 is 23.6 Å². The smallest absolute Gasteiger partial charge is 0.335 e. The molecule has 0 saturated carbocycles. The van der Waals surface area contributed by atoms with Crippen LogP contribution in [0.3, 0.4) is 0 Å². The summed E-state index contributed by atoms with van der Waals surface area (Å²) in [4.78, 5) is 23.7. The Hall–Kier alpha value is -4.77. The summed E-state index contributed by atoms with van der Waals surface area (Å²) >= 11 is 0. The second-order valence-electron chi connectivity index (χ2n) is 7.51. The molecule has 2 N–H and O–H groups in total. The van der Waals surface area contributed by atoms with Crippen molar-refractivity contribution in [2.45, 2.75) is 20.5 Å². The number of anilines is 1. The van der Waals surface area contributed by atoms with Gasteiger partial charge in [-0.15, -0.1) is 0 Å². The van der Waals surface area contributed by atoms with Crippen molar-refractivity contribution in [3.63, 3.8) is 0 Å². The summed E-state index contributed by atoms with van der Waals surface area (Å²) in [6.07, 6.45) is 1.47. The summed E-state index contributed by atoms with van der Waals surface area (Å²) in [5.74, 6) is 0.0125. The number of carbonyl (C=O) groups excluding carboxylic acids is 1. The Labute approximate surface area is 209 Å². The summed E-state index contributed by atoms with van der Waals surface area (Å²) < 4.78 is 17.0. The van der Waals surface area contributed by atoms with Crippen molar-refractivity contribution in [2.24, 2.45) is 0 Å². The Morgan fingerprint density at radius 2 is 1.69 bits per heavy atom. The van der Waals surface area contributed by atoms with E-state index < -0.39 is 11.9 Å². The second kappa shape index (κ2) is 12.6. The van der Waals surface area contributed by atoms with Gasteiger partial charge in [0.25, 0.3) is 5.91 Å². The molecule has 0 unspecified atom stereocenters. The highest BCUT2D eigenvalue weighted by Gasteiger charge is 2.12. The third-order valence-electron chi connectivity index (χ3n) is 4.94. The second-order valence-corrected chi connectivity index (χ2v) is 7.51. The quantitative estimate of drug-likeness (QED) is 0.279. The molecular formula is C28H26N2O6. The molecule has 8 heteroatoms. The van der Waals surface area contributed by atoms with Crippen LogP contribution < -0.4 is 19.5 Å². The van der Waals surface area contributed by atoms with E-state index in [2.05, 4.69) is 5.32 Å². The third kappa shape index (κ3) is 7.11. The highest BCUT2D eigenvalue weighted by atomic mass is 16.5. The van der Waals surface area contributed by atoms with E-state index in [4.69, 9.17) is 19.3 Å². The lowest BCUT2D eigenvalue weighted by Crippen LogP contribution is -2.13. The molecule has 1 amide bonds. The van der Waals surface area contributed by atoms with Crippen LogP contribution in [0.25, 0.3) is 6.08 Å². The van der Waals surface area contributed by atoms with Crippen molar-refractivity contribution in [3.8, 4) is 23.3 Å². The van der Waals surface area contributed by atoms with E-state index in [1.54, 1.807) is 54.6 Å². The van der Waals surface area contributed by atoms with Crippen molar-refractivity contribution in [1.29, 1.82) is 5.26 Å². The van der Waals surface area contributed by atoms with Crippen LogP contribution in [-0.4, -0.2) is 30.2 Å². The van der Waals surface area contributed by atoms with E-state index in [0.717, 1.165) is 5.56 Å². The van der Waals surface area contributed by atoms with Crippen molar-refractivity contribution in [1.82, 2.24) is 0 Å².